The highest BCUT2D eigenvalue weighted by molar-refractivity contribution is 7.99. The Kier molecular flexibility index (Phi) is 6.28. The Morgan fingerprint density at radius 3 is 2.52 bits per heavy atom. The molecule has 11 heteroatoms. The molecule has 0 radical (unpaired) electrons. The Labute approximate surface area is 192 Å². The number of sulfonamides is 1. The van der Waals surface area contributed by atoms with Crippen LogP contribution in [-0.4, -0.2) is 35.1 Å². The maximum atomic E-state index is 15.0. The number of thioether (sulfide) groups is 1. The lowest BCUT2D eigenvalue weighted by atomic mass is 10.0. The first-order chi connectivity index (χ1) is 15.7. The van der Waals surface area contributed by atoms with Crippen molar-refractivity contribution in [2.24, 2.45) is 5.14 Å². The number of primary sulfonamides is 1. The van der Waals surface area contributed by atoms with Crippen LogP contribution in [0.4, 0.5) is 8.78 Å². The van der Waals surface area contributed by atoms with Crippen LogP contribution in [0.2, 0.25) is 0 Å². The zero-order valence-electron chi connectivity index (χ0n) is 17.3. The fourth-order valence-electron chi connectivity index (χ4n) is 3.25. The average Bonchev–Trinajstić information content (AvgIpc) is 3.21. The van der Waals surface area contributed by atoms with Gasteiger partial charge in [-0.25, -0.2) is 27.3 Å². The van der Waals surface area contributed by atoms with Gasteiger partial charge in [0, 0.05) is 11.8 Å². The second-order valence-electron chi connectivity index (χ2n) is 7.18. The number of hydrogen-bond acceptors (Lipinski definition) is 6. The van der Waals surface area contributed by atoms with E-state index in [2.05, 4.69) is 15.2 Å². The number of H-pyrrole nitrogens is 1. The van der Waals surface area contributed by atoms with Crippen LogP contribution < -0.4 is 5.14 Å². The molecule has 0 aliphatic heterocycles. The van der Waals surface area contributed by atoms with Crippen molar-refractivity contribution in [3.63, 3.8) is 0 Å². The van der Waals surface area contributed by atoms with Crippen LogP contribution in [0.1, 0.15) is 29.4 Å². The standard InChI is InChI=1S/C22H18F2N4O3S2/c1-2-9-32-21-17(23)8-7-15(18(21)24)20(29)19-16-10-13(11-26-22(16)28-27-19)12-3-5-14(6-4-12)33(25,30)31/h3-8,10-11H,2,9H2,1H3,(H2,25,30,31)(H,26,27,28). The van der Waals surface area contributed by atoms with Gasteiger partial charge in [0.05, 0.1) is 20.7 Å². The van der Waals surface area contributed by atoms with Gasteiger partial charge >= 0.3 is 0 Å². The largest absolute Gasteiger partial charge is 0.287 e. The number of nitrogens with one attached hydrogen (secondary N) is 1. The molecule has 2 aromatic heterocycles. The second-order valence-corrected chi connectivity index (χ2v) is 9.85. The van der Waals surface area contributed by atoms with Gasteiger partial charge in [0.25, 0.3) is 0 Å². The Balaban J connectivity index is 1.75. The summed E-state index contributed by atoms with van der Waals surface area (Å²) in [5.74, 6) is -1.81. The Bertz CT molecular complexity index is 1470. The van der Waals surface area contributed by atoms with E-state index in [1.165, 1.54) is 18.3 Å². The molecule has 0 amide bonds. The molecule has 7 nitrogen and oxygen atoms in total. The van der Waals surface area contributed by atoms with Crippen molar-refractivity contribution in [2.75, 3.05) is 5.75 Å². The molecule has 0 bridgehead atoms. The molecule has 0 fully saturated rings. The fourth-order valence-corrected chi connectivity index (χ4v) is 4.61. The summed E-state index contributed by atoms with van der Waals surface area (Å²) in [7, 11) is -3.83. The van der Waals surface area contributed by atoms with E-state index in [1.807, 2.05) is 6.92 Å². The molecule has 33 heavy (non-hydrogen) atoms. The lowest BCUT2D eigenvalue weighted by Gasteiger charge is -2.08. The quantitative estimate of drug-likeness (QED) is 0.296. The number of rotatable bonds is 7. The highest BCUT2D eigenvalue weighted by Crippen LogP contribution is 2.31. The van der Waals surface area contributed by atoms with Crippen molar-refractivity contribution in [3.8, 4) is 11.1 Å². The van der Waals surface area contributed by atoms with Crippen LogP contribution in [0.3, 0.4) is 0 Å². The molecule has 3 N–H and O–H groups in total. The third-order valence-corrected chi connectivity index (χ3v) is 7.10. The minimum Gasteiger partial charge on any atom is -0.287 e. The van der Waals surface area contributed by atoms with E-state index < -0.39 is 27.4 Å². The summed E-state index contributed by atoms with van der Waals surface area (Å²) in [6.07, 6.45) is 2.24. The van der Waals surface area contributed by atoms with Crippen molar-refractivity contribution in [3.05, 3.63) is 71.6 Å². The second kappa shape index (κ2) is 9.00. The summed E-state index contributed by atoms with van der Waals surface area (Å²) >= 11 is 1.02. The molecule has 0 saturated carbocycles. The number of nitrogens with zero attached hydrogens (tertiary/aromatic N) is 2. The fraction of sp³-hybridized carbons (Fsp3) is 0.136. The van der Waals surface area contributed by atoms with Crippen molar-refractivity contribution < 1.29 is 22.0 Å². The predicted octanol–water partition coefficient (Wildman–Crippen LogP) is 4.28. The van der Waals surface area contributed by atoms with E-state index in [0.717, 1.165) is 30.3 Å². The van der Waals surface area contributed by atoms with Gasteiger partial charge in [-0.3, -0.25) is 9.89 Å². The molecule has 0 saturated heterocycles. The number of ketones is 1. The highest BCUT2D eigenvalue weighted by Gasteiger charge is 2.23. The maximum absolute atomic E-state index is 15.0. The van der Waals surface area contributed by atoms with Crippen molar-refractivity contribution in [2.45, 2.75) is 23.1 Å². The number of pyridine rings is 1. The van der Waals surface area contributed by atoms with Crippen LogP contribution in [0.15, 0.2) is 58.5 Å². The van der Waals surface area contributed by atoms with Gasteiger partial charge in [0.1, 0.15) is 11.5 Å². The SMILES string of the molecule is CCCSc1c(F)ccc(C(=O)c2[nH]nc3ncc(-c4ccc(S(N)(=O)=O)cc4)cc23)c1F. The highest BCUT2D eigenvalue weighted by atomic mass is 32.2. The number of benzene rings is 2. The van der Waals surface area contributed by atoms with E-state index >= 15 is 0 Å². The van der Waals surface area contributed by atoms with Crippen LogP contribution in [-0.2, 0) is 10.0 Å². The number of fused-ring (bicyclic) bond motifs is 1. The Hall–Kier alpha value is -3.15. The topological polar surface area (TPSA) is 119 Å². The van der Waals surface area contributed by atoms with Gasteiger partial charge < -0.3 is 0 Å². The van der Waals surface area contributed by atoms with Gasteiger partial charge in [-0.1, -0.05) is 19.1 Å². The third kappa shape index (κ3) is 4.52. The number of carbonyl (C=O) groups is 1. The zero-order chi connectivity index (χ0) is 23.8. The summed E-state index contributed by atoms with van der Waals surface area (Å²) in [5.41, 5.74) is 1.19. The van der Waals surface area contributed by atoms with Crippen molar-refractivity contribution in [1.82, 2.24) is 15.2 Å². The van der Waals surface area contributed by atoms with Gasteiger partial charge in [-0.2, -0.15) is 5.10 Å². The monoisotopic (exact) mass is 488 g/mol. The molecule has 2 heterocycles. The van der Waals surface area contributed by atoms with Crippen LogP contribution in [0, 0.1) is 11.6 Å². The molecule has 0 aliphatic rings. The number of aromatic nitrogens is 3. The molecular weight excluding hydrogens is 470 g/mol. The smallest absolute Gasteiger partial charge is 0.238 e. The molecule has 0 aliphatic carbocycles. The zero-order valence-corrected chi connectivity index (χ0v) is 18.9. The van der Waals surface area contributed by atoms with Gasteiger partial charge in [-0.05, 0) is 48.1 Å². The molecular formula is C22H18F2N4O3S2. The number of carbonyl (C=O) groups excluding carboxylic acids is 1. The van der Waals surface area contributed by atoms with Gasteiger partial charge in [-0.15, -0.1) is 11.8 Å². The summed E-state index contributed by atoms with van der Waals surface area (Å²) < 4.78 is 52.0. The molecule has 2 aromatic carbocycles. The minimum atomic E-state index is -3.83. The maximum Gasteiger partial charge on any atom is 0.238 e. The molecule has 4 rings (SSSR count). The van der Waals surface area contributed by atoms with E-state index in [9.17, 15) is 22.0 Å². The van der Waals surface area contributed by atoms with E-state index in [0.29, 0.717) is 22.3 Å². The van der Waals surface area contributed by atoms with E-state index in [4.69, 9.17) is 5.14 Å². The summed E-state index contributed by atoms with van der Waals surface area (Å²) in [4.78, 5) is 17.1. The molecule has 0 spiro atoms. The summed E-state index contributed by atoms with van der Waals surface area (Å²) in [5, 5.41) is 12.1. The first kappa shape index (κ1) is 23.0. The minimum absolute atomic E-state index is 0.0115. The van der Waals surface area contributed by atoms with Crippen molar-refractivity contribution >= 4 is 38.6 Å². The summed E-state index contributed by atoms with van der Waals surface area (Å²) in [6.45, 7) is 1.89. The van der Waals surface area contributed by atoms with Gasteiger partial charge in [0.15, 0.2) is 11.5 Å². The number of halogens is 2. The molecule has 4 aromatic rings. The first-order valence-electron chi connectivity index (χ1n) is 9.83. The normalized spacial score (nSPS) is 11.8. The predicted molar refractivity (Wildman–Crippen MR) is 122 cm³/mol. The third-order valence-electron chi connectivity index (χ3n) is 4.90. The molecule has 0 atom stereocenters. The number of aromatic amines is 1. The molecule has 0 unspecified atom stereocenters. The number of nitrogens with two attached hydrogens (primary N) is 1. The van der Waals surface area contributed by atoms with Crippen LogP contribution in [0.25, 0.3) is 22.2 Å². The van der Waals surface area contributed by atoms with Gasteiger partial charge in [0.2, 0.25) is 15.8 Å². The Morgan fingerprint density at radius 1 is 1.12 bits per heavy atom. The molecule has 170 valence electrons. The lowest BCUT2D eigenvalue weighted by Crippen LogP contribution is -2.11. The number of hydrogen-bond donors (Lipinski definition) is 2. The van der Waals surface area contributed by atoms with E-state index in [1.54, 1.807) is 18.2 Å². The Morgan fingerprint density at radius 2 is 1.85 bits per heavy atom. The van der Waals surface area contributed by atoms with Crippen LogP contribution >= 0.6 is 11.8 Å². The van der Waals surface area contributed by atoms with Crippen molar-refractivity contribution in [1.29, 1.82) is 0 Å². The lowest BCUT2D eigenvalue weighted by molar-refractivity contribution is 0.103. The first-order valence-corrected chi connectivity index (χ1v) is 12.4. The van der Waals surface area contributed by atoms with Crippen LogP contribution in [0.5, 0.6) is 0 Å². The summed E-state index contributed by atoms with van der Waals surface area (Å²) in [6, 6.07) is 9.66. The average molecular weight is 489 g/mol. The van der Waals surface area contributed by atoms with E-state index in [-0.39, 0.29) is 26.7 Å².